The zero-order valence-electron chi connectivity index (χ0n) is 12.2. The molecule has 5 heteroatoms. The van der Waals surface area contributed by atoms with Gasteiger partial charge in [-0.3, -0.25) is 0 Å². The van der Waals surface area contributed by atoms with Crippen LogP contribution in [0.1, 0.15) is 38.2 Å². The number of halogens is 3. The van der Waals surface area contributed by atoms with Crippen LogP contribution in [0.25, 0.3) is 0 Å². The molecular weight excluding hydrogens is 279 g/mol. The molecule has 1 saturated carbocycles. The van der Waals surface area contributed by atoms with Crippen molar-refractivity contribution in [3.8, 4) is 5.75 Å². The zero-order valence-corrected chi connectivity index (χ0v) is 12.2. The van der Waals surface area contributed by atoms with Gasteiger partial charge in [0, 0.05) is 6.54 Å². The molecule has 1 aromatic carbocycles. The van der Waals surface area contributed by atoms with Gasteiger partial charge in [-0.25, -0.2) is 0 Å². The van der Waals surface area contributed by atoms with Crippen LogP contribution in [0.3, 0.4) is 0 Å². The molecule has 0 radical (unpaired) electrons. The Labute approximate surface area is 123 Å². The molecule has 118 valence electrons. The Kier molecular flexibility index (Phi) is 5.51. The van der Waals surface area contributed by atoms with Gasteiger partial charge in [0.15, 0.2) is 0 Å². The normalized spacial score (nSPS) is 23.0. The fourth-order valence-electron chi connectivity index (χ4n) is 2.81. The van der Waals surface area contributed by atoms with E-state index in [0.717, 1.165) is 18.0 Å². The van der Waals surface area contributed by atoms with Gasteiger partial charge in [0.25, 0.3) is 0 Å². The summed E-state index contributed by atoms with van der Waals surface area (Å²) in [6.45, 7) is 3.79. The first kappa shape index (κ1) is 16.1. The molecule has 0 aliphatic heterocycles. The summed E-state index contributed by atoms with van der Waals surface area (Å²) in [7, 11) is 0. The second-order valence-electron chi connectivity index (χ2n) is 5.95. The van der Waals surface area contributed by atoms with Crippen LogP contribution in [0, 0.1) is 11.8 Å². The fourth-order valence-corrected chi connectivity index (χ4v) is 2.81. The van der Waals surface area contributed by atoms with E-state index in [4.69, 9.17) is 0 Å². The molecule has 0 spiro atoms. The number of nitrogens with one attached hydrogen (secondary N) is 1. The molecule has 21 heavy (non-hydrogen) atoms. The van der Waals surface area contributed by atoms with E-state index in [2.05, 4.69) is 17.0 Å². The van der Waals surface area contributed by atoms with Crippen LogP contribution in [0.2, 0.25) is 0 Å². The SMILES string of the molecule is CC1CCC(CNCc2cccc(OC(F)(F)F)c2)CC1. The van der Waals surface area contributed by atoms with Crippen molar-refractivity contribution in [3.63, 3.8) is 0 Å². The molecule has 0 unspecified atom stereocenters. The van der Waals surface area contributed by atoms with Crippen LogP contribution in [0.5, 0.6) is 5.75 Å². The van der Waals surface area contributed by atoms with Crippen LogP contribution in [-0.4, -0.2) is 12.9 Å². The lowest BCUT2D eigenvalue weighted by molar-refractivity contribution is -0.274. The lowest BCUT2D eigenvalue weighted by Gasteiger charge is -2.26. The van der Waals surface area contributed by atoms with Gasteiger partial charge in [-0.15, -0.1) is 13.2 Å². The maximum absolute atomic E-state index is 12.2. The lowest BCUT2D eigenvalue weighted by atomic mass is 9.83. The van der Waals surface area contributed by atoms with Crippen LogP contribution in [0.15, 0.2) is 24.3 Å². The van der Waals surface area contributed by atoms with Gasteiger partial charge in [0.2, 0.25) is 0 Å². The van der Waals surface area contributed by atoms with Crippen molar-refractivity contribution in [2.75, 3.05) is 6.54 Å². The minimum absolute atomic E-state index is 0.159. The Morgan fingerprint density at radius 1 is 1.19 bits per heavy atom. The molecule has 0 atom stereocenters. The average Bonchev–Trinajstić information content (AvgIpc) is 2.39. The summed E-state index contributed by atoms with van der Waals surface area (Å²) in [5.74, 6) is 1.36. The highest BCUT2D eigenvalue weighted by Crippen LogP contribution is 2.28. The third-order valence-corrected chi connectivity index (χ3v) is 4.03. The number of rotatable bonds is 5. The Morgan fingerprint density at radius 3 is 2.57 bits per heavy atom. The van der Waals surface area contributed by atoms with Crippen molar-refractivity contribution in [2.45, 2.75) is 45.5 Å². The third-order valence-electron chi connectivity index (χ3n) is 4.03. The van der Waals surface area contributed by atoms with Crippen molar-refractivity contribution in [1.29, 1.82) is 0 Å². The fraction of sp³-hybridized carbons (Fsp3) is 0.625. The van der Waals surface area contributed by atoms with Gasteiger partial charge in [0.1, 0.15) is 5.75 Å². The van der Waals surface area contributed by atoms with Gasteiger partial charge >= 0.3 is 6.36 Å². The average molecular weight is 301 g/mol. The summed E-state index contributed by atoms with van der Waals surface area (Å²) >= 11 is 0. The smallest absolute Gasteiger partial charge is 0.406 e. The van der Waals surface area contributed by atoms with E-state index in [1.807, 2.05) is 0 Å². The van der Waals surface area contributed by atoms with E-state index in [0.29, 0.717) is 12.5 Å². The number of hydrogen-bond donors (Lipinski definition) is 1. The molecule has 1 aliphatic rings. The zero-order chi connectivity index (χ0) is 15.3. The van der Waals surface area contributed by atoms with Gasteiger partial charge < -0.3 is 10.1 Å². The molecule has 0 heterocycles. The largest absolute Gasteiger partial charge is 0.573 e. The van der Waals surface area contributed by atoms with Gasteiger partial charge in [0.05, 0.1) is 0 Å². The molecule has 0 saturated heterocycles. The molecule has 0 amide bonds. The lowest BCUT2D eigenvalue weighted by Crippen LogP contribution is -2.25. The maximum atomic E-state index is 12.2. The van der Waals surface area contributed by atoms with Crippen LogP contribution < -0.4 is 10.1 Å². The summed E-state index contributed by atoms with van der Waals surface area (Å²) in [6.07, 6.45) is 0.407. The van der Waals surface area contributed by atoms with E-state index in [9.17, 15) is 13.2 Å². The van der Waals surface area contributed by atoms with Crippen molar-refractivity contribution >= 4 is 0 Å². The first-order valence-electron chi connectivity index (χ1n) is 7.48. The third kappa shape index (κ3) is 5.96. The summed E-state index contributed by atoms with van der Waals surface area (Å²) in [5.41, 5.74) is 0.806. The quantitative estimate of drug-likeness (QED) is 0.864. The van der Waals surface area contributed by atoms with E-state index < -0.39 is 6.36 Å². The van der Waals surface area contributed by atoms with Crippen molar-refractivity contribution in [1.82, 2.24) is 5.32 Å². The van der Waals surface area contributed by atoms with Gasteiger partial charge in [-0.05, 0) is 48.9 Å². The predicted octanol–water partition coefficient (Wildman–Crippen LogP) is 4.50. The number of hydrogen-bond acceptors (Lipinski definition) is 2. The maximum Gasteiger partial charge on any atom is 0.573 e. The van der Waals surface area contributed by atoms with Crippen molar-refractivity contribution in [3.05, 3.63) is 29.8 Å². The topological polar surface area (TPSA) is 21.3 Å². The molecule has 1 N–H and O–H groups in total. The van der Waals surface area contributed by atoms with Crippen molar-refractivity contribution < 1.29 is 17.9 Å². The number of benzene rings is 1. The summed E-state index contributed by atoms with van der Waals surface area (Å²) < 4.78 is 40.4. The first-order valence-corrected chi connectivity index (χ1v) is 7.48. The Bertz CT molecular complexity index is 439. The van der Waals surface area contributed by atoms with Crippen LogP contribution >= 0.6 is 0 Å². The highest BCUT2D eigenvalue weighted by molar-refractivity contribution is 5.28. The highest BCUT2D eigenvalue weighted by atomic mass is 19.4. The van der Waals surface area contributed by atoms with Gasteiger partial charge in [-0.2, -0.15) is 0 Å². The predicted molar refractivity (Wildman–Crippen MR) is 76.0 cm³/mol. The van der Waals surface area contributed by atoms with E-state index >= 15 is 0 Å². The minimum atomic E-state index is -4.63. The standard InChI is InChI=1S/C16H22F3NO/c1-12-5-7-13(8-6-12)10-20-11-14-3-2-4-15(9-14)21-16(17,18)19/h2-4,9,12-13,20H,5-8,10-11H2,1H3. The second-order valence-corrected chi connectivity index (χ2v) is 5.95. The summed E-state index contributed by atoms with van der Waals surface area (Å²) in [4.78, 5) is 0. The molecule has 0 aromatic heterocycles. The Hall–Kier alpha value is -1.23. The summed E-state index contributed by atoms with van der Waals surface area (Å²) in [5, 5.41) is 3.34. The molecule has 0 bridgehead atoms. The minimum Gasteiger partial charge on any atom is -0.406 e. The molecule has 1 fully saturated rings. The summed E-state index contributed by atoms with van der Waals surface area (Å²) in [6, 6.07) is 6.14. The van der Waals surface area contributed by atoms with Gasteiger partial charge in [-0.1, -0.05) is 31.9 Å². The second kappa shape index (κ2) is 7.16. The van der Waals surface area contributed by atoms with Crippen LogP contribution in [0.4, 0.5) is 13.2 Å². The van der Waals surface area contributed by atoms with E-state index in [-0.39, 0.29) is 5.75 Å². The first-order chi connectivity index (χ1) is 9.92. The van der Waals surface area contributed by atoms with E-state index in [1.165, 1.54) is 37.8 Å². The molecular formula is C16H22F3NO. The van der Waals surface area contributed by atoms with Crippen molar-refractivity contribution in [2.24, 2.45) is 11.8 Å². The molecule has 1 aromatic rings. The molecule has 2 nitrogen and oxygen atoms in total. The highest BCUT2D eigenvalue weighted by Gasteiger charge is 2.31. The number of ether oxygens (including phenoxy) is 1. The number of alkyl halides is 3. The monoisotopic (exact) mass is 301 g/mol. The molecule has 1 aliphatic carbocycles. The van der Waals surface area contributed by atoms with Crippen LogP contribution in [-0.2, 0) is 6.54 Å². The Morgan fingerprint density at radius 2 is 1.90 bits per heavy atom. The Balaban J connectivity index is 1.77. The van der Waals surface area contributed by atoms with E-state index in [1.54, 1.807) is 12.1 Å². The molecule has 2 rings (SSSR count).